The number of hydrogen-bond acceptors (Lipinski definition) is 1. The second-order valence-electron chi connectivity index (χ2n) is 4.92. The molecule has 1 aliphatic carbocycles. The minimum atomic E-state index is 0. The van der Waals surface area contributed by atoms with Crippen molar-refractivity contribution in [1.82, 2.24) is 5.32 Å². The van der Waals surface area contributed by atoms with Gasteiger partial charge in [0.15, 0.2) is 5.96 Å². The summed E-state index contributed by atoms with van der Waals surface area (Å²) < 4.78 is 0. The van der Waals surface area contributed by atoms with E-state index in [4.69, 9.17) is 17.3 Å². The first-order chi connectivity index (χ1) is 8.66. The molecular formula is C14H21ClIN3. The van der Waals surface area contributed by atoms with Gasteiger partial charge in [0.05, 0.1) is 6.54 Å². The van der Waals surface area contributed by atoms with Crippen LogP contribution in [0.2, 0.25) is 5.02 Å². The molecule has 1 aliphatic rings. The Balaban J connectivity index is 0.00000180. The number of guanidine groups is 1. The minimum Gasteiger partial charge on any atom is -0.370 e. The standard InChI is InChI=1S/C14H20ClN3.HI/c1-2-8-17-13(16)18-10-14(6-7-14)11-4-3-5-12(15)9-11;/h3-5,9H,2,6-8,10H2,1H3,(H3,16,17,18);1H. The molecule has 3 N–H and O–H groups in total. The van der Waals surface area contributed by atoms with Gasteiger partial charge in [-0.05, 0) is 37.0 Å². The van der Waals surface area contributed by atoms with E-state index in [1.54, 1.807) is 0 Å². The molecule has 1 aromatic carbocycles. The van der Waals surface area contributed by atoms with Gasteiger partial charge in [0, 0.05) is 17.0 Å². The van der Waals surface area contributed by atoms with Gasteiger partial charge in [-0.1, -0.05) is 30.7 Å². The van der Waals surface area contributed by atoms with Crippen LogP contribution in [0.15, 0.2) is 29.3 Å². The summed E-state index contributed by atoms with van der Waals surface area (Å²) in [6.45, 7) is 3.73. The summed E-state index contributed by atoms with van der Waals surface area (Å²) in [6.07, 6.45) is 3.38. The highest BCUT2D eigenvalue weighted by atomic mass is 127. The Morgan fingerprint density at radius 1 is 1.47 bits per heavy atom. The van der Waals surface area contributed by atoms with E-state index >= 15 is 0 Å². The third-order valence-corrected chi connectivity index (χ3v) is 3.63. The first kappa shape index (κ1) is 16.6. The van der Waals surface area contributed by atoms with Crippen LogP contribution in [-0.4, -0.2) is 19.0 Å². The molecule has 0 saturated heterocycles. The van der Waals surface area contributed by atoms with Crippen molar-refractivity contribution in [3.05, 3.63) is 34.9 Å². The molecule has 0 bridgehead atoms. The highest BCUT2D eigenvalue weighted by Crippen LogP contribution is 2.48. The number of halogens is 2. The van der Waals surface area contributed by atoms with Crippen LogP contribution in [0.1, 0.15) is 31.7 Å². The molecule has 0 aliphatic heterocycles. The smallest absolute Gasteiger partial charge is 0.188 e. The number of rotatable bonds is 5. The lowest BCUT2D eigenvalue weighted by Gasteiger charge is -2.14. The van der Waals surface area contributed by atoms with Crippen molar-refractivity contribution in [3.63, 3.8) is 0 Å². The number of benzene rings is 1. The maximum Gasteiger partial charge on any atom is 0.188 e. The number of aliphatic imine (C=N–C) groups is 1. The summed E-state index contributed by atoms with van der Waals surface area (Å²) >= 11 is 6.04. The fourth-order valence-corrected chi connectivity index (χ4v) is 2.24. The van der Waals surface area contributed by atoms with Crippen LogP contribution < -0.4 is 11.1 Å². The third-order valence-electron chi connectivity index (χ3n) is 3.40. The van der Waals surface area contributed by atoms with Crippen LogP contribution in [0.4, 0.5) is 0 Å². The molecule has 5 heteroatoms. The third kappa shape index (κ3) is 4.53. The quantitative estimate of drug-likeness (QED) is 0.458. The molecule has 19 heavy (non-hydrogen) atoms. The largest absolute Gasteiger partial charge is 0.370 e. The second-order valence-corrected chi connectivity index (χ2v) is 5.36. The number of nitrogens with two attached hydrogens (primary N) is 1. The molecule has 2 rings (SSSR count). The lowest BCUT2D eigenvalue weighted by Crippen LogP contribution is -2.33. The number of nitrogens with zero attached hydrogens (tertiary/aromatic N) is 1. The molecule has 1 fully saturated rings. The zero-order valence-corrected chi connectivity index (χ0v) is 14.2. The lowest BCUT2D eigenvalue weighted by atomic mass is 9.96. The van der Waals surface area contributed by atoms with E-state index in [0.29, 0.717) is 5.96 Å². The highest BCUT2D eigenvalue weighted by molar-refractivity contribution is 14.0. The Kier molecular flexibility index (Phi) is 6.39. The summed E-state index contributed by atoms with van der Waals surface area (Å²) in [5, 5.41) is 3.89. The minimum absolute atomic E-state index is 0. The van der Waals surface area contributed by atoms with Crippen molar-refractivity contribution in [1.29, 1.82) is 0 Å². The van der Waals surface area contributed by atoms with Gasteiger partial charge in [-0.2, -0.15) is 0 Å². The van der Waals surface area contributed by atoms with Crippen LogP contribution in [0.5, 0.6) is 0 Å². The number of hydrogen-bond donors (Lipinski definition) is 2. The second kappa shape index (κ2) is 7.33. The predicted molar refractivity (Wildman–Crippen MR) is 92.6 cm³/mol. The summed E-state index contributed by atoms with van der Waals surface area (Å²) in [5.41, 5.74) is 7.27. The first-order valence-corrected chi connectivity index (χ1v) is 6.84. The molecular weight excluding hydrogens is 373 g/mol. The summed E-state index contributed by atoms with van der Waals surface area (Å²) in [5.74, 6) is 0.546. The van der Waals surface area contributed by atoms with Gasteiger partial charge in [-0.25, -0.2) is 0 Å². The van der Waals surface area contributed by atoms with Crippen molar-refractivity contribution >= 4 is 41.5 Å². The maximum absolute atomic E-state index is 6.04. The van der Waals surface area contributed by atoms with Crippen molar-refractivity contribution in [2.45, 2.75) is 31.6 Å². The molecule has 3 nitrogen and oxygen atoms in total. The molecule has 0 unspecified atom stereocenters. The van der Waals surface area contributed by atoms with E-state index in [2.05, 4.69) is 23.3 Å². The molecule has 106 valence electrons. The Morgan fingerprint density at radius 3 is 2.79 bits per heavy atom. The zero-order chi connectivity index (χ0) is 13.0. The van der Waals surface area contributed by atoms with Gasteiger partial charge in [0.1, 0.15) is 0 Å². The van der Waals surface area contributed by atoms with E-state index < -0.39 is 0 Å². The molecule has 0 radical (unpaired) electrons. The van der Waals surface area contributed by atoms with Gasteiger partial charge in [-0.15, -0.1) is 24.0 Å². The van der Waals surface area contributed by atoms with E-state index in [-0.39, 0.29) is 29.4 Å². The van der Waals surface area contributed by atoms with Crippen LogP contribution in [0.3, 0.4) is 0 Å². The summed E-state index contributed by atoms with van der Waals surface area (Å²) in [4.78, 5) is 4.44. The molecule has 1 aromatic rings. The highest BCUT2D eigenvalue weighted by Gasteiger charge is 2.44. The maximum atomic E-state index is 6.04. The van der Waals surface area contributed by atoms with Crippen LogP contribution in [0, 0.1) is 0 Å². The van der Waals surface area contributed by atoms with Crippen LogP contribution >= 0.6 is 35.6 Å². The average molecular weight is 394 g/mol. The Bertz CT molecular complexity index is 444. The van der Waals surface area contributed by atoms with Gasteiger partial charge < -0.3 is 11.1 Å². The lowest BCUT2D eigenvalue weighted by molar-refractivity contribution is 0.699. The van der Waals surface area contributed by atoms with Gasteiger partial charge in [0.2, 0.25) is 0 Å². The fraction of sp³-hybridized carbons (Fsp3) is 0.500. The van der Waals surface area contributed by atoms with Gasteiger partial charge >= 0.3 is 0 Å². The number of nitrogens with one attached hydrogen (secondary N) is 1. The normalized spacial score (nSPS) is 16.6. The van der Waals surface area contributed by atoms with Crippen molar-refractivity contribution in [2.75, 3.05) is 13.1 Å². The molecule has 0 aromatic heterocycles. The summed E-state index contributed by atoms with van der Waals surface area (Å²) in [7, 11) is 0. The van der Waals surface area contributed by atoms with Crippen molar-refractivity contribution in [2.24, 2.45) is 10.7 Å². The Morgan fingerprint density at radius 2 is 2.21 bits per heavy atom. The Hall–Kier alpha value is -0.490. The summed E-state index contributed by atoms with van der Waals surface area (Å²) in [6, 6.07) is 8.07. The van der Waals surface area contributed by atoms with E-state index in [0.717, 1.165) is 37.4 Å². The predicted octanol–water partition coefficient (Wildman–Crippen LogP) is 3.30. The van der Waals surface area contributed by atoms with Crippen LogP contribution in [0.25, 0.3) is 0 Å². The molecule has 0 amide bonds. The van der Waals surface area contributed by atoms with Crippen LogP contribution in [-0.2, 0) is 5.41 Å². The zero-order valence-electron chi connectivity index (χ0n) is 11.2. The van der Waals surface area contributed by atoms with Crippen molar-refractivity contribution in [3.8, 4) is 0 Å². The monoisotopic (exact) mass is 393 g/mol. The van der Waals surface area contributed by atoms with E-state index in [1.165, 1.54) is 5.56 Å². The van der Waals surface area contributed by atoms with Gasteiger partial charge in [0.25, 0.3) is 0 Å². The fourth-order valence-electron chi connectivity index (χ4n) is 2.05. The SMILES string of the molecule is CCCNC(N)=NCC1(c2cccc(Cl)c2)CC1.I. The Labute approximate surface area is 137 Å². The van der Waals surface area contributed by atoms with E-state index in [1.807, 2.05) is 18.2 Å². The van der Waals surface area contributed by atoms with Gasteiger partial charge in [-0.3, -0.25) is 4.99 Å². The average Bonchev–Trinajstić information content (AvgIpc) is 3.15. The molecule has 0 spiro atoms. The molecule has 1 saturated carbocycles. The molecule has 0 heterocycles. The first-order valence-electron chi connectivity index (χ1n) is 6.46. The van der Waals surface area contributed by atoms with E-state index in [9.17, 15) is 0 Å². The molecule has 0 atom stereocenters. The topological polar surface area (TPSA) is 50.4 Å². The van der Waals surface area contributed by atoms with Crippen molar-refractivity contribution < 1.29 is 0 Å².